The number of benzene rings is 2. The van der Waals surface area contributed by atoms with Crippen LogP contribution < -0.4 is 10.5 Å². The molecular weight excluding hydrogens is 258 g/mol. The molecule has 1 atom stereocenters. The van der Waals surface area contributed by atoms with Gasteiger partial charge < -0.3 is 10.5 Å². The molecule has 2 nitrogen and oxygen atoms in total. The van der Waals surface area contributed by atoms with Crippen LogP contribution in [0.2, 0.25) is 0 Å². The Morgan fingerprint density at radius 3 is 2.43 bits per heavy atom. The van der Waals surface area contributed by atoms with E-state index in [1.807, 2.05) is 31.2 Å². The highest BCUT2D eigenvalue weighted by atomic mass is 16.5. The molecular formula is C19H25NO. The number of rotatable bonds is 7. The van der Waals surface area contributed by atoms with Gasteiger partial charge >= 0.3 is 0 Å². The fraction of sp³-hybridized carbons (Fsp3) is 0.368. The minimum absolute atomic E-state index is 0.165. The first-order valence-electron chi connectivity index (χ1n) is 7.78. The van der Waals surface area contributed by atoms with Gasteiger partial charge in [0.15, 0.2) is 0 Å². The van der Waals surface area contributed by atoms with Gasteiger partial charge in [-0.05, 0) is 61.6 Å². The van der Waals surface area contributed by atoms with Gasteiger partial charge in [0.05, 0.1) is 0 Å². The summed E-state index contributed by atoms with van der Waals surface area (Å²) in [6.45, 7) is 4.23. The average Bonchev–Trinajstić information content (AvgIpc) is 2.46. The summed E-state index contributed by atoms with van der Waals surface area (Å²) in [7, 11) is 0. The monoisotopic (exact) mass is 283 g/mol. The third kappa shape index (κ3) is 5.24. The van der Waals surface area contributed by atoms with Crippen LogP contribution in [-0.4, -0.2) is 6.04 Å². The first-order chi connectivity index (χ1) is 10.2. The summed E-state index contributed by atoms with van der Waals surface area (Å²) in [6, 6.07) is 16.7. The zero-order valence-electron chi connectivity index (χ0n) is 13.0. The molecule has 0 aliphatic rings. The lowest BCUT2D eigenvalue weighted by Crippen LogP contribution is -2.17. The lowest BCUT2D eigenvalue weighted by atomic mass is 10.1. The quantitative estimate of drug-likeness (QED) is 0.798. The van der Waals surface area contributed by atoms with E-state index in [9.17, 15) is 0 Å². The number of unbranched alkanes of at least 4 members (excludes halogenated alkanes) is 1. The van der Waals surface area contributed by atoms with Crippen molar-refractivity contribution in [2.75, 3.05) is 0 Å². The van der Waals surface area contributed by atoms with Crippen molar-refractivity contribution in [1.29, 1.82) is 0 Å². The van der Waals surface area contributed by atoms with Crippen molar-refractivity contribution in [1.82, 2.24) is 0 Å². The van der Waals surface area contributed by atoms with E-state index in [-0.39, 0.29) is 6.04 Å². The molecule has 0 bridgehead atoms. The first kappa shape index (κ1) is 15.6. The molecule has 0 saturated carbocycles. The Morgan fingerprint density at radius 1 is 1.00 bits per heavy atom. The molecule has 2 rings (SSSR count). The third-order valence-corrected chi connectivity index (χ3v) is 3.43. The predicted octanol–water partition coefficient (Wildman–Crippen LogP) is 4.71. The van der Waals surface area contributed by atoms with Gasteiger partial charge in [0, 0.05) is 6.04 Å². The molecule has 0 amide bonds. The lowest BCUT2D eigenvalue weighted by Gasteiger charge is -2.10. The highest BCUT2D eigenvalue weighted by Gasteiger charge is 2.02. The predicted molar refractivity (Wildman–Crippen MR) is 88.9 cm³/mol. The molecule has 0 aromatic heterocycles. The number of nitrogens with two attached hydrogens (primary N) is 1. The number of aryl methyl sites for hydroxylation is 1. The summed E-state index contributed by atoms with van der Waals surface area (Å²) in [5.41, 5.74) is 8.42. The van der Waals surface area contributed by atoms with E-state index in [4.69, 9.17) is 10.5 Å². The second-order valence-electron chi connectivity index (χ2n) is 5.68. The molecule has 0 aliphatic heterocycles. The van der Waals surface area contributed by atoms with Crippen molar-refractivity contribution in [3.8, 4) is 11.5 Å². The molecule has 0 radical (unpaired) electrons. The average molecular weight is 283 g/mol. The molecule has 1 unspecified atom stereocenters. The van der Waals surface area contributed by atoms with Gasteiger partial charge in [-0.25, -0.2) is 0 Å². The first-order valence-corrected chi connectivity index (χ1v) is 7.78. The molecule has 2 N–H and O–H groups in total. The van der Waals surface area contributed by atoms with Crippen LogP contribution in [0.3, 0.4) is 0 Å². The van der Waals surface area contributed by atoms with E-state index in [0.717, 1.165) is 24.3 Å². The van der Waals surface area contributed by atoms with Gasteiger partial charge in [-0.1, -0.05) is 37.6 Å². The van der Waals surface area contributed by atoms with E-state index in [0.29, 0.717) is 0 Å². The Hall–Kier alpha value is -1.80. The molecule has 0 aliphatic carbocycles. The summed E-state index contributed by atoms with van der Waals surface area (Å²) in [5.74, 6) is 1.75. The van der Waals surface area contributed by atoms with Crippen LogP contribution in [0.4, 0.5) is 0 Å². The Balaban J connectivity index is 2.00. The van der Waals surface area contributed by atoms with Crippen molar-refractivity contribution in [2.24, 2.45) is 5.73 Å². The van der Waals surface area contributed by atoms with Crippen LogP contribution in [0.1, 0.15) is 37.8 Å². The van der Waals surface area contributed by atoms with E-state index in [1.165, 1.54) is 24.0 Å². The highest BCUT2D eigenvalue weighted by molar-refractivity contribution is 5.35. The Bertz CT molecular complexity index is 546. The van der Waals surface area contributed by atoms with Crippen molar-refractivity contribution in [3.63, 3.8) is 0 Å². The normalized spacial score (nSPS) is 12.1. The molecule has 2 heteroatoms. The van der Waals surface area contributed by atoms with E-state index in [2.05, 4.69) is 31.2 Å². The van der Waals surface area contributed by atoms with Crippen LogP contribution in [0.15, 0.2) is 48.5 Å². The summed E-state index contributed by atoms with van der Waals surface area (Å²) in [4.78, 5) is 0. The summed E-state index contributed by atoms with van der Waals surface area (Å²) >= 11 is 0. The van der Waals surface area contributed by atoms with Crippen molar-refractivity contribution < 1.29 is 4.74 Å². The topological polar surface area (TPSA) is 35.2 Å². The Labute approximate surface area is 127 Å². The molecule has 112 valence electrons. The largest absolute Gasteiger partial charge is 0.457 e. The summed E-state index contributed by atoms with van der Waals surface area (Å²) in [5, 5.41) is 0. The minimum atomic E-state index is 0.165. The second kappa shape index (κ2) is 7.84. The van der Waals surface area contributed by atoms with Gasteiger partial charge in [-0.2, -0.15) is 0 Å². The van der Waals surface area contributed by atoms with Crippen LogP contribution in [0.5, 0.6) is 11.5 Å². The molecule has 0 fully saturated rings. The van der Waals surface area contributed by atoms with Gasteiger partial charge in [-0.3, -0.25) is 0 Å². The Morgan fingerprint density at radius 2 is 1.76 bits per heavy atom. The zero-order chi connectivity index (χ0) is 15.1. The second-order valence-corrected chi connectivity index (χ2v) is 5.68. The fourth-order valence-corrected chi connectivity index (χ4v) is 2.35. The van der Waals surface area contributed by atoms with E-state index >= 15 is 0 Å². The number of ether oxygens (including phenoxy) is 1. The number of hydrogen-bond donors (Lipinski definition) is 1. The highest BCUT2D eigenvalue weighted by Crippen LogP contribution is 2.23. The summed E-state index contributed by atoms with van der Waals surface area (Å²) in [6.07, 6.45) is 4.47. The molecule has 0 heterocycles. The van der Waals surface area contributed by atoms with Gasteiger partial charge in [0.25, 0.3) is 0 Å². The summed E-state index contributed by atoms with van der Waals surface area (Å²) < 4.78 is 5.92. The van der Waals surface area contributed by atoms with Gasteiger partial charge in [0.2, 0.25) is 0 Å². The van der Waals surface area contributed by atoms with Crippen molar-refractivity contribution in [3.05, 3.63) is 59.7 Å². The Kier molecular flexibility index (Phi) is 5.82. The van der Waals surface area contributed by atoms with E-state index < -0.39 is 0 Å². The SMILES string of the molecule is CCCCc1ccc(Oc2cccc(CC(C)N)c2)cc1. The van der Waals surface area contributed by atoms with Crippen molar-refractivity contribution >= 4 is 0 Å². The molecule has 2 aromatic rings. The standard InChI is InChI=1S/C19H25NO/c1-3-4-6-16-9-11-18(12-10-16)21-19-8-5-7-17(14-19)13-15(2)20/h5,7-12,14-15H,3-4,6,13,20H2,1-2H3. The van der Waals surface area contributed by atoms with Gasteiger partial charge in [-0.15, -0.1) is 0 Å². The maximum Gasteiger partial charge on any atom is 0.127 e. The molecule has 21 heavy (non-hydrogen) atoms. The van der Waals surface area contributed by atoms with Crippen molar-refractivity contribution in [2.45, 2.75) is 45.6 Å². The smallest absolute Gasteiger partial charge is 0.127 e. The fourth-order valence-electron chi connectivity index (χ4n) is 2.35. The van der Waals surface area contributed by atoms with Crippen LogP contribution in [-0.2, 0) is 12.8 Å². The van der Waals surface area contributed by atoms with Gasteiger partial charge in [0.1, 0.15) is 11.5 Å². The zero-order valence-corrected chi connectivity index (χ0v) is 13.0. The van der Waals surface area contributed by atoms with E-state index in [1.54, 1.807) is 0 Å². The van der Waals surface area contributed by atoms with Crippen LogP contribution >= 0.6 is 0 Å². The maximum absolute atomic E-state index is 5.92. The lowest BCUT2D eigenvalue weighted by molar-refractivity contribution is 0.481. The molecule has 0 saturated heterocycles. The van der Waals surface area contributed by atoms with Crippen LogP contribution in [0, 0.1) is 0 Å². The maximum atomic E-state index is 5.92. The van der Waals surface area contributed by atoms with Crippen LogP contribution in [0.25, 0.3) is 0 Å². The molecule has 0 spiro atoms. The molecule has 2 aromatic carbocycles. The number of hydrogen-bond acceptors (Lipinski definition) is 2. The third-order valence-electron chi connectivity index (χ3n) is 3.43. The minimum Gasteiger partial charge on any atom is -0.457 e.